The van der Waals surface area contributed by atoms with Crippen LogP contribution < -0.4 is 0 Å². The lowest BCUT2D eigenvalue weighted by Crippen LogP contribution is -2.13. The second kappa shape index (κ2) is 6.68. The maximum absolute atomic E-state index is 10.8. The van der Waals surface area contributed by atoms with Gasteiger partial charge < -0.3 is 19.8 Å². The normalized spacial score (nSPS) is 11.0. The summed E-state index contributed by atoms with van der Waals surface area (Å²) in [5.74, 6) is 0.0131. The zero-order chi connectivity index (χ0) is 11.1. The highest BCUT2D eigenvalue weighted by molar-refractivity contribution is 5.79. The summed E-state index contributed by atoms with van der Waals surface area (Å²) in [6.45, 7) is 2.95. The van der Waals surface area contributed by atoms with Crippen molar-refractivity contribution >= 4 is 11.6 Å². The molecule has 0 spiro atoms. The standard InChI is InChI=1S/C10H18O4/c1-7(11)5-9(6-8(2)12)3-4-10(13)14/h9-10,13-14H,3-6H2,1-2H3. The van der Waals surface area contributed by atoms with Gasteiger partial charge in [0.15, 0.2) is 6.29 Å². The summed E-state index contributed by atoms with van der Waals surface area (Å²) >= 11 is 0. The van der Waals surface area contributed by atoms with Gasteiger partial charge in [-0.1, -0.05) is 0 Å². The summed E-state index contributed by atoms with van der Waals surface area (Å²) in [7, 11) is 0. The maximum Gasteiger partial charge on any atom is 0.151 e. The zero-order valence-electron chi connectivity index (χ0n) is 8.69. The minimum absolute atomic E-state index is 0.0312. The lowest BCUT2D eigenvalue weighted by Gasteiger charge is -2.14. The molecule has 0 amide bonds. The molecular weight excluding hydrogens is 184 g/mol. The largest absolute Gasteiger partial charge is 0.368 e. The fourth-order valence-corrected chi connectivity index (χ4v) is 1.47. The first-order valence-electron chi connectivity index (χ1n) is 4.76. The molecule has 0 saturated carbocycles. The van der Waals surface area contributed by atoms with Gasteiger partial charge in [-0.25, -0.2) is 0 Å². The molecule has 0 aromatic heterocycles. The van der Waals surface area contributed by atoms with E-state index in [0.717, 1.165) is 0 Å². The Balaban J connectivity index is 3.96. The van der Waals surface area contributed by atoms with Crippen LogP contribution in [0.4, 0.5) is 0 Å². The number of aliphatic hydroxyl groups is 2. The quantitative estimate of drug-likeness (QED) is 0.594. The summed E-state index contributed by atoms with van der Waals surface area (Å²) in [6, 6.07) is 0. The first kappa shape index (κ1) is 13.3. The minimum atomic E-state index is -1.35. The number of Topliss-reactive ketones (excluding diaryl/α,β-unsaturated/α-hetero) is 2. The minimum Gasteiger partial charge on any atom is -0.368 e. The third kappa shape index (κ3) is 7.89. The Morgan fingerprint density at radius 1 is 1.00 bits per heavy atom. The Kier molecular flexibility index (Phi) is 6.32. The van der Waals surface area contributed by atoms with Crippen LogP contribution in [0.1, 0.15) is 39.5 Å². The summed E-state index contributed by atoms with van der Waals surface area (Å²) in [5.41, 5.74) is 0. The third-order valence-electron chi connectivity index (χ3n) is 1.99. The fraction of sp³-hybridized carbons (Fsp3) is 0.800. The van der Waals surface area contributed by atoms with Crippen LogP contribution in [0.3, 0.4) is 0 Å². The molecule has 0 aromatic rings. The molecule has 0 fully saturated rings. The van der Waals surface area contributed by atoms with Gasteiger partial charge in [-0.15, -0.1) is 0 Å². The van der Waals surface area contributed by atoms with E-state index in [1.54, 1.807) is 0 Å². The molecule has 0 unspecified atom stereocenters. The molecule has 14 heavy (non-hydrogen) atoms. The molecule has 4 heteroatoms. The van der Waals surface area contributed by atoms with E-state index < -0.39 is 6.29 Å². The van der Waals surface area contributed by atoms with Gasteiger partial charge >= 0.3 is 0 Å². The van der Waals surface area contributed by atoms with Crippen LogP contribution in [-0.2, 0) is 9.59 Å². The van der Waals surface area contributed by atoms with E-state index >= 15 is 0 Å². The van der Waals surface area contributed by atoms with Crippen molar-refractivity contribution in [2.45, 2.75) is 45.8 Å². The summed E-state index contributed by atoms with van der Waals surface area (Å²) < 4.78 is 0. The smallest absolute Gasteiger partial charge is 0.151 e. The van der Waals surface area contributed by atoms with E-state index in [-0.39, 0.29) is 23.9 Å². The van der Waals surface area contributed by atoms with Crippen molar-refractivity contribution in [1.82, 2.24) is 0 Å². The predicted octanol–water partition coefficient (Wildman–Crippen LogP) is 0.652. The number of ketones is 2. The van der Waals surface area contributed by atoms with Crippen molar-refractivity contribution in [3.63, 3.8) is 0 Å². The van der Waals surface area contributed by atoms with Crippen molar-refractivity contribution in [2.24, 2.45) is 5.92 Å². The fourth-order valence-electron chi connectivity index (χ4n) is 1.47. The second-order valence-corrected chi connectivity index (χ2v) is 3.74. The second-order valence-electron chi connectivity index (χ2n) is 3.74. The Hall–Kier alpha value is -0.740. The zero-order valence-corrected chi connectivity index (χ0v) is 8.69. The van der Waals surface area contributed by atoms with Crippen molar-refractivity contribution in [1.29, 1.82) is 0 Å². The van der Waals surface area contributed by atoms with Crippen LogP contribution in [0.15, 0.2) is 0 Å². The Bertz CT molecular complexity index is 182. The molecule has 0 aliphatic carbocycles. The van der Waals surface area contributed by atoms with Gasteiger partial charge in [-0.3, -0.25) is 0 Å². The van der Waals surface area contributed by atoms with E-state index in [1.165, 1.54) is 13.8 Å². The van der Waals surface area contributed by atoms with Crippen molar-refractivity contribution in [2.75, 3.05) is 0 Å². The molecule has 0 rings (SSSR count). The SMILES string of the molecule is CC(=O)CC(CCC(O)O)CC(C)=O. The van der Waals surface area contributed by atoms with Crippen LogP contribution in [0.2, 0.25) is 0 Å². The number of rotatable bonds is 7. The van der Waals surface area contributed by atoms with Crippen LogP contribution in [-0.4, -0.2) is 28.1 Å². The highest BCUT2D eigenvalue weighted by atomic mass is 16.5. The highest BCUT2D eigenvalue weighted by Crippen LogP contribution is 2.17. The van der Waals surface area contributed by atoms with Crippen LogP contribution in [0.5, 0.6) is 0 Å². The molecular formula is C10H18O4. The van der Waals surface area contributed by atoms with Gasteiger partial charge in [0.2, 0.25) is 0 Å². The van der Waals surface area contributed by atoms with Gasteiger partial charge in [0.05, 0.1) is 0 Å². The Morgan fingerprint density at radius 2 is 1.43 bits per heavy atom. The van der Waals surface area contributed by atoms with E-state index in [1.807, 2.05) is 0 Å². The lowest BCUT2D eigenvalue weighted by atomic mass is 9.92. The third-order valence-corrected chi connectivity index (χ3v) is 1.99. The number of carbonyl (C=O) groups is 2. The molecule has 0 radical (unpaired) electrons. The molecule has 0 aliphatic heterocycles. The molecule has 0 bridgehead atoms. The van der Waals surface area contributed by atoms with Gasteiger partial charge in [-0.2, -0.15) is 0 Å². The average Bonchev–Trinajstić information content (AvgIpc) is 1.97. The van der Waals surface area contributed by atoms with E-state index in [9.17, 15) is 9.59 Å². The van der Waals surface area contributed by atoms with Crippen LogP contribution in [0, 0.1) is 5.92 Å². The van der Waals surface area contributed by atoms with E-state index in [0.29, 0.717) is 19.3 Å². The molecule has 2 N–H and O–H groups in total. The molecule has 0 saturated heterocycles. The molecule has 4 nitrogen and oxygen atoms in total. The number of hydrogen-bond acceptors (Lipinski definition) is 4. The van der Waals surface area contributed by atoms with Crippen molar-refractivity contribution in [3.8, 4) is 0 Å². The van der Waals surface area contributed by atoms with Crippen LogP contribution >= 0.6 is 0 Å². The van der Waals surface area contributed by atoms with E-state index in [2.05, 4.69) is 0 Å². The lowest BCUT2D eigenvalue weighted by molar-refractivity contribution is -0.120. The molecule has 82 valence electrons. The summed E-state index contributed by atoms with van der Waals surface area (Å²) in [4.78, 5) is 21.7. The molecule has 0 atom stereocenters. The molecule has 0 aromatic carbocycles. The van der Waals surface area contributed by atoms with Gasteiger partial charge in [0.25, 0.3) is 0 Å². The number of aliphatic hydroxyl groups excluding tert-OH is 1. The van der Waals surface area contributed by atoms with E-state index in [4.69, 9.17) is 10.2 Å². The Labute approximate surface area is 83.9 Å². The number of carbonyl (C=O) groups excluding carboxylic acids is 2. The van der Waals surface area contributed by atoms with Crippen molar-refractivity contribution in [3.05, 3.63) is 0 Å². The van der Waals surface area contributed by atoms with Crippen LogP contribution in [0.25, 0.3) is 0 Å². The molecule has 0 aliphatic rings. The average molecular weight is 202 g/mol. The van der Waals surface area contributed by atoms with Crippen molar-refractivity contribution < 1.29 is 19.8 Å². The first-order chi connectivity index (χ1) is 6.41. The molecule has 0 heterocycles. The predicted molar refractivity (Wildman–Crippen MR) is 51.5 cm³/mol. The monoisotopic (exact) mass is 202 g/mol. The summed E-state index contributed by atoms with van der Waals surface area (Å²) in [5, 5.41) is 17.3. The maximum atomic E-state index is 10.8. The topological polar surface area (TPSA) is 74.6 Å². The van der Waals surface area contributed by atoms with Gasteiger partial charge in [0, 0.05) is 12.8 Å². The Morgan fingerprint density at radius 3 is 1.71 bits per heavy atom. The summed E-state index contributed by atoms with van der Waals surface area (Å²) in [6.07, 6.45) is 0.0390. The van der Waals surface area contributed by atoms with Gasteiger partial charge in [-0.05, 0) is 32.6 Å². The highest BCUT2D eigenvalue weighted by Gasteiger charge is 2.14. The number of hydrogen-bond donors (Lipinski definition) is 2. The first-order valence-corrected chi connectivity index (χ1v) is 4.76. The van der Waals surface area contributed by atoms with Gasteiger partial charge in [0.1, 0.15) is 11.6 Å².